The molecule has 2 amide bonds. The Balaban J connectivity index is 1.18. The zero-order valence-electron chi connectivity index (χ0n) is 19.6. The quantitative estimate of drug-likeness (QED) is 0.610. The van der Waals surface area contributed by atoms with Crippen LogP contribution in [0.1, 0.15) is 36.8 Å². The van der Waals surface area contributed by atoms with Gasteiger partial charge in [0.05, 0.1) is 6.20 Å². The molecule has 0 N–H and O–H groups in total. The maximum absolute atomic E-state index is 12.8. The molecule has 0 aliphatic carbocycles. The number of benzene rings is 1. The number of aromatic nitrogens is 2. The molecule has 2 aromatic rings. The van der Waals surface area contributed by atoms with Crippen LogP contribution in [0.5, 0.6) is 0 Å². The average molecular weight is 450 g/mol. The van der Waals surface area contributed by atoms with Crippen LogP contribution in [-0.4, -0.2) is 75.6 Å². The van der Waals surface area contributed by atoms with Gasteiger partial charge in [-0.2, -0.15) is 5.10 Å². The van der Waals surface area contributed by atoms with E-state index in [9.17, 15) is 9.59 Å². The third-order valence-corrected chi connectivity index (χ3v) is 6.71. The average Bonchev–Trinajstić information content (AvgIpc) is 3.27. The monoisotopic (exact) mass is 449 g/mol. The fourth-order valence-corrected chi connectivity index (χ4v) is 4.78. The smallest absolute Gasteiger partial charge is 0.246 e. The Hall–Kier alpha value is -2.93. The molecule has 1 unspecified atom stereocenters. The van der Waals surface area contributed by atoms with Gasteiger partial charge in [-0.1, -0.05) is 30.3 Å². The summed E-state index contributed by atoms with van der Waals surface area (Å²) in [6.45, 7) is 5.95. The minimum atomic E-state index is 0.0458. The fourth-order valence-electron chi connectivity index (χ4n) is 4.78. The molecule has 0 bridgehead atoms. The minimum Gasteiger partial charge on any atom is -0.340 e. The number of rotatable bonds is 7. The van der Waals surface area contributed by atoms with Crippen LogP contribution in [0.15, 0.2) is 48.8 Å². The first kappa shape index (κ1) is 23.2. The van der Waals surface area contributed by atoms with Crippen LogP contribution in [0.4, 0.5) is 0 Å². The highest BCUT2D eigenvalue weighted by Crippen LogP contribution is 2.22. The van der Waals surface area contributed by atoms with Crippen molar-refractivity contribution in [1.82, 2.24) is 24.5 Å². The Morgan fingerprint density at radius 1 is 1.06 bits per heavy atom. The Morgan fingerprint density at radius 2 is 1.85 bits per heavy atom. The molecule has 2 fully saturated rings. The molecule has 2 aliphatic heterocycles. The first-order chi connectivity index (χ1) is 16.1. The molecular formula is C26H35N5O2. The van der Waals surface area contributed by atoms with Crippen molar-refractivity contribution in [2.75, 3.05) is 39.3 Å². The van der Waals surface area contributed by atoms with E-state index in [1.807, 2.05) is 35.2 Å². The summed E-state index contributed by atoms with van der Waals surface area (Å²) >= 11 is 0. The first-order valence-corrected chi connectivity index (χ1v) is 12.1. The summed E-state index contributed by atoms with van der Waals surface area (Å²) < 4.78 is 1.72. The van der Waals surface area contributed by atoms with Crippen LogP contribution in [-0.2, 0) is 23.2 Å². The third-order valence-electron chi connectivity index (χ3n) is 6.71. The lowest BCUT2D eigenvalue weighted by Gasteiger charge is -2.36. The lowest BCUT2D eigenvalue weighted by molar-refractivity contribution is -0.133. The zero-order valence-corrected chi connectivity index (χ0v) is 19.6. The molecule has 3 heterocycles. The Morgan fingerprint density at radius 3 is 2.58 bits per heavy atom. The SMILES string of the molecule is Cn1cc(C=CC(=O)N2CCCC(CCC(=O)N3CCN(Cc4ccccc4)CC3)C2)cn1. The van der Waals surface area contributed by atoms with Gasteiger partial charge in [-0.05, 0) is 36.8 Å². The lowest BCUT2D eigenvalue weighted by atomic mass is 9.93. The number of nitrogens with zero attached hydrogens (tertiary/aromatic N) is 5. The molecule has 1 atom stereocenters. The number of carbonyl (C=O) groups is 2. The summed E-state index contributed by atoms with van der Waals surface area (Å²) in [6, 6.07) is 10.5. The highest BCUT2D eigenvalue weighted by atomic mass is 16.2. The molecule has 4 rings (SSSR count). The van der Waals surface area contributed by atoms with Crippen LogP contribution < -0.4 is 0 Å². The predicted molar refractivity (Wildman–Crippen MR) is 129 cm³/mol. The molecular weight excluding hydrogens is 414 g/mol. The maximum Gasteiger partial charge on any atom is 0.246 e. The van der Waals surface area contributed by atoms with E-state index in [1.54, 1.807) is 17.0 Å². The summed E-state index contributed by atoms with van der Waals surface area (Å²) in [5.74, 6) is 0.705. The van der Waals surface area contributed by atoms with E-state index >= 15 is 0 Å². The van der Waals surface area contributed by atoms with Gasteiger partial charge in [-0.25, -0.2) is 0 Å². The second-order valence-electron chi connectivity index (χ2n) is 9.25. The lowest BCUT2D eigenvalue weighted by Crippen LogP contribution is -2.48. The number of likely N-dealkylation sites (tertiary alicyclic amines) is 1. The number of amides is 2. The molecule has 0 radical (unpaired) electrons. The Bertz CT molecular complexity index is 947. The van der Waals surface area contributed by atoms with Gasteiger partial charge in [0.2, 0.25) is 11.8 Å². The zero-order chi connectivity index (χ0) is 23.0. The van der Waals surface area contributed by atoms with Gasteiger partial charge < -0.3 is 9.80 Å². The van der Waals surface area contributed by atoms with E-state index in [4.69, 9.17) is 0 Å². The van der Waals surface area contributed by atoms with Crippen LogP contribution in [0.25, 0.3) is 6.08 Å². The normalized spacial score (nSPS) is 19.8. The molecule has 0 saturated carbocycles. The molecule has 176 valence electrons. The summed E-state index contributed by atoms with van der Waals surface area (Å²) in [5.41, 5.74) is 2.25. The minimum absolute atomic E-state index is 0.0458. The molecule has 7 nitrogen and oxygen atoms in total. The Labute approximate surface area is 196 Å². The topological polar surface area (TPSA) is 61.7 Å². The fraction of sp³-hybridized carbons (Fsp3) is 0.500. The number of aryl methyl sites for hydroxylation is 1. The molecule has 1 aromatic heterocycles. The molecule has 1 aromatic carbocycles. The van der Waals surface area contributed by atoms with Crippen molar-refractivity contribution >= 4 is 17.9 Å². The second kappa shape index (κ2) is 11.3. The van der Waals surface area contributed by atoms with Crippen LogP contribution in [0, 0.1) is 5.92 Å². The van der Waals surface area contributed by atoms with Gasteiger partial charge in [0, 0.05) is 77.1 Å². The van der Waals surface area contributed by atoms with Crippen molar-refractivity contribution in [1.29, 1.82) is 0 Å². The molecule has 7 heteroatoms. The van der Waals surface area contributed by atoms with Crippen molar-refractivity contribution in [2.24, 2.45) is 13.0 Å². The number of piperidine rings is 1. The summed E-state index contributed by atoms with van der Waals surface area (Å²) in [7, 11) is 1.86. The Kier molecular flexibility index (Phi) is 7.94. The van der Waals surface area contributed by atoms with Crippen LogP contribution in [0.2, 0.25) is 0 Å². The highest BCUT2D eigenvalue weighted by Gasteiger charge is 2.25. The first-order valence-electron chi connectivity index (χ1n) is 12.1. The number of hydrogen-bond acceptors (Lipinski definition) is 4. The van der Waals surface area contributed by atoms with Crippen LogP contribution >= 0.6 is 0 Å². The van der Waals surface area contributed by atoms with E-state index in [1.165, 1.54) is 5.56 Å². The van der Waals surface area contributed by atoms with Gasteiger partial charge >= 0.3 is 0 Å². The molecule has 2 aliphatic rings. The number of carbonyl (C=O) groups excluding carboxylic acids is 2. The second-order valence-corrected chi connectivity index (χ2v) is 9.25. The molecule has 2 saturated heterocycles. The molecule has 33 heavy (non-hydrogen) atoms. The predicted octanol–water partition coefficient (Wildman–Crippen LogP) is 2.80. The summed E-state index contributed by atoms with van der Waals surface area (Å²) in [6.07, 6.45) is 10.6. The van der Waals surface area contributed by atoms with E-state index in [0.29, 0.717) is 12.3 Å². The highest BCUT2D eigenvalue weighted by molar-refractivity contribution is 5.91. The number of piperazine rings is 1. The van der Waals surface area contributed by atoms with Crippen LogP contribution in [0.3, 0.4) is 0 Å². The van der Waals surface area contributed by atoms with Crippen molar-refractivity contribution in [3.63, 3.8) is 0 Å². The van der Waals surface area contributed by atoms with Crippen molar-refractivity contribution in [3.05, 3.63) is 59.9 Å². The van der Waals surface area contributed by atoms with Crippen molar-refractivity contribution < 1.29 is 9.59 Å². The van der Waals surface area contributed by atoms with Gasteiger partial charge in [-0.3, -0.25) is 19.2 Å². The standard InChI is InChI=1S/C26H35N5O2/c1-28-19-24(18-27-28)10-12-26(33)31-13-5-8-23(21-31)9-11-25(32)30-16-14-29(15-17-30)20-22-6-3-2-4-7-22/h2-4,6-7,10,12,18-19,23H,5,8-9,11,13-17,20-21H2,1H3. The van der Waals surface area contributed by atoms with E-state index in [2.05, 4.69) is 34.3 Å². The van der Waals surface area contributed by atoms with Gasteiger partial charge in [-0.15, -0.1) is 0 Å². The van der Waals surface area contributed by atoms with Crippen molar-refractivity contribution in [3.8, 4) is 0 Å². The summed E-state index contributed by atoms with van der Waals surface area (Å²) in [4.78, 5) is 31.8. The number of hydrogen-bond donors (Lipinski definition) is 0. The van der Waals surface area contributed by atoms with Gasteiger partial charge in [0.25, 0.3) is 0 Å². The van der Waals surface area contributed by atoms with Gasteiger partial charge in [0.15, 0.2) is 0 Å². The summed E-state index contributed by atoms with van der Waals surface area (Å²) in [5, 5.41) is 4.12. The molecule has 0 spiro atoms. The van der Waals surface area contributed by atoms with E-state index < -0.39 is 0 Å². The van der Waals surface area contributed by atoms with E-state index in [-0.39, 0.29) is 11.8 Å². The van der Waals surface area contributed by atoms with Gasteiger partial charge in [0.1, 0.15) is 0 Å². The largest absolute Gasteiger partial charge is 0.340 e. The maximum atomic E-state index is 12.8. The van der Waals surface area contributed by atoms with Crippen molar-refractivity contribution in [2.45, 2.75) is 32.2 Å². The van der Waals surface area contributed by atoms with E-state index in [0.717, 1.165) is 70.6 Å². The third kappa shape index (κ3) is 6.78.